The van der Waals surface area contributed by atoms with E-state index in [4.69, 9.17) is 58.8 Å². The molecular weight excluding hydrogens is 1770 g/mol. The van der Waals surface area contributed by atoms with E-state index in [1.165, 1.54) is 16.7 Å². The molecule has 34 nitrogen and oxygen atoms in total. The van der Waals surface area contributed by atoms with E-state index in [2.05, 4.69) is 127 Å². The number of allylic oxidation sites excluding steroid dienone is 1. The summed E-state index contributed by atoms with van der Waals surface area (Å²) in [6, 6.07) is 7.30. The lowest BCUT2D eigenvalue weighted by Gasteiger charge is -2.56. The van der Waals surface area contributed by atoms with Crippen molar-refractivity contribution < 1.29 is 110 Å². The van der Waals surface area contributed by atoms with Crippen molar-refractivity contribution in [1.29, 1.82) is 0 Å². The van der Waals surface area contributed by atoms with Crippen LogP contribution in [0.1, 0.15) is 249 Å². The molecular formula is C104H167N12O22+. The molecule has 14 N–H and O–H groups in total. The Hall–Kier alpha value is -8.57. The molecule has 2 saturated carbocycles. The molecule has 34 heteroatoms. The fraction of sp³-hybridized carbons (Fsp3) is 0.740. The predicted molar refractivity (Wildman–Crippen MR) is 525 cm³/mol. The highest BCUT2D eigenvalue weighted by Crippen LogP contribution is 2.60. The van der Waals surface area contributed by atoms with Crippen LogP contribution in [0.4, 0.5) is 10.5 Å². The summed E-state index contributed by atoms with van der Waals surface area (Å²) >= 11 is 0. The van der Waals surface area contributed by atoms with Gasteiger partial charge in [-0.05, 0) is 192 Å². The number of nitrogens with zero attached hydrogens (tertiary/aromatic N) is 1. The second-order valence-corrected chi connectivity index (χ2v) is 40.5. The van der Waals surface area contributed by atoms with Crippen molar-refractivity contribution in [3.63, 3.8) is 0 Å². The van der Waals surface area contributed by atoms with Crippen molar-refractivity contribution in [1.82, 2.24) is 42.5 Å². The number of carbonyl (C=O) groups is 11. The lowest BCUT2D eigenvalue weighted by atomic mass is 9.49. The van der Waals surface area contributed by atoms with E-state index in [0.717, 1.165) is 111 Å². The summed E-state index contributed by atoms with van der Waals surface area (Å²) in [5.74, 6) is 0.489. The van der Waals surface area contributed by atoms with Gasteiger partial charge in [-0.3, -0.25) is 53.3 Å². The maximum absolute atomic E-state index is 15.1. The lowest BCUT2D eigenvalue weighted by molar-refractivity contribution is -0.869. The Morgan fingerprint density at radius 2 is 1.07 bits per heavy atom. The van der Waals surface area contributed by atoms with E-state index in [0.29, 0.717) is 181 Å². The van der Waals surface area contributed by atoms with Crippen molar-refractivity contribution in [2.24, 2.45) is 46.0 Å². The summed E-state index contributed by atoms with van der Waals surface area (Å²) < 4.78 is 58.0. The molecule has 0 bridgehead atoms. The Kier molecular flexibility index (Phi) is 49.9. The lowest BCUT2D eigenvalue weighted by Crippen LogP contribution is -2.60. The van der Waals surface area contributed by atoms with Gasteiger partial charge >= 0.3 is 6.03 Å². The monoisotopic (exact) mass is 1940 g/mol. The molecule has 2 unspecified atom stereocenters. The Morgan fingerprint density at radius 3 is 1.69 bits per heavy atom. The van der Waals surface area contributed by atoms with Crippen LogP contribution >= 0.6 is 0 Å². The Labute approximate surface area is 819 Å². The fourth-order valence-corrected chi connectivity index (χ4v) is 20.4. The van der Waals surface area contributed by atoms with Crippen LogP contribution in [0, 0.1) is 53.3 Å². The number of benzene rings is 2. The standard InChI is InChI=1S/C104H166N12O22/c1-73(2)93(97(125)112-85(30-21-47-110-100(106)128)95(123)113-86(70-117)96(124)111-78-37-34-76-36-39-89-102(5,83(76)69-78)43-24-45-104(89,7)99(127)115-98(126)103(6)44-23-42-101(4)82-67-74(3)32-33-75(82)35-38-88(101)103)114-94(122)77(68-79(118)40-52-130-56-60-134-64-63-133-59-55-129-51-22-26-80(119)71-137-81-27-15-12-11-13-16-28-81)25-19-20-46-108-91(121)72-138-87-31-18-14-17-29-84(92(87)105)107-49-54-132-58-62-136-66-65-135-61-57-131-53-41-90(120)109-48-50-116(8,9)10/h32-34,37,67,69,73,77,81,85-89,93,107,117H,11-15,17-27,29-31,35-36,38-66,68,70-72,105H2,1-10H3,(H9-,106,108,109,110,111,112,113,114,115,120,121,122,123,124,125,126,127,128)/p+1/t77-,81?,85-,86-,87?,88+,89+,93-,101+,102+,103-,104-/m0/s1. The molecule has 2 aromatic rings. The van der Waals surface area contributed by atoms with Crippen molar-refractivity contribution in [3.8, 4) is 11.8 Å². The molecule has 774 valence electrons. The number of Topliss-reactive ketones (excluding diaryl/α,β-unsaturated/α-hetero) is 2. The zero-order chi connectivity index (χ0) is 99.9. The first-order valence-corrected chi connectivity index (χ1v) is 51.1. The minimum Gasteiger partial charge on any atom is -0.399 e. The number of fused-ring (bicyclic) bond motifs is 6. The first-order valence-electron chi connectivity index (χ1n) is 51.1. The number of anilines is 1. The summed E-state index contributed by atoms with van der Waals surface area (Å²) in [5.41, 5.74) is 17.4. The summed E-state index contributed by atoms with van der Waals surface area (Å²) in [5, 5.41) is 36.8. The molecule has 6 aliphatic carbocycles. The minimum absolute atomic E-state index is 0.00410. The average molecular weight is 1940 g/mol. The highest BCUT2D eigenvalue weighted by molar-refractivity contribution is 6.02. The quantitative estimate of drug-likeness (QED) is 0.0128. The summed E-state index contributed by atoms with van der Waals surface area (Å²) in [6.45, 7) is 20.4. The second kappa shape index (κ2) is 60.0. The molecule has 0 aromatic heterocycles. The van der Waals surface area contributed by atoms with Gasteiger partial charge in [0.1, 0.15) is 43.2 Å². The highest BCUT2D eigenvalue weighted by atomic mass is 16.6. The van der Waals surface area contributed by atoms with Gasteiger partial charge in [0.15, 0.2) is 5.78 Å². The number of nitrogens with one attached hydrogen (secondary N) is 9. The summed E-state index contributed by atoms with van der Waals surface area (Å²) in [4.78, 5) is 152. The maximum Gasteiger partial charge on any atom is 0.312 e. The van der Waals surface area contributed by atoms with Crippen LogP contribution in [-0.4, -0.2) is 284 Å². The highest BCUT2D eigenvalue weighted by Gasteiger charge is 2.59. The number of quaternary nitrogens is 1. The van der Waals surface area contributed by atoms with Gasteiger partial charge in [0, 0.05) is 75.6 Å². The number of ether oxygens (including phenoxy) is 10. The molecule has 6 aliphatic rings. The number of hydrogen-bond donors (Lipinski definition) is 12. The smallest absolute Gasteiger partial charge is 0.312 e. The first-order chi connectivity index (χ1) is 66.2. The minimum atomic E-state index is -1.54. The Bertz CT molecular complexity index is 4310. The number of rotatable bonds is 64. The predicted octanol–water partition coefficient (Wildman–Crippen LogP) is 8.26. The Morgan fingerprint density at radius 1 is 0.507 bits per heavy atom. The largest absolute Gasteiger partial charge is 0.399 e. The molecule has 2 fully saturated rings. The SMILES string of the molecule is Cc1ccc2c(c1)[C@@]1(C)CCC[C@](C)(C(=O)NC(=O)[C@@]3(C)CCC[C@]4(C)c5cc(NC(=O)[C@H](CO)NC(=O)[C@H](CCCNC(N)=O)NC(=O)[C@@H](NC(=O)[C@@H](CCCCNC(=O)COC6CCCCCC(NCCOCCOCCOCCOCCC(=O)NCC[N+](C)(C)C)=C6N)CC(=O)CCOCCOCCOCCOCCCC(=O)COC6C#CCCCCC6)C(C)C)ccc5CC[C@@H]34)[C@@H]1CC2. The molecule has 0 aliphatic heterocycles. The van der Waals surface area contributed by atoms with Gasteiger partial charge in [-0.15, -0.1) is 5.92 Å². The number of ketones is 2. The first kappa shape index (κ1) is 115. The number of likely N-dealkylation sites (N-methyl/N-ethyl adjacent to an activating group) is 1. The molecule has 10 amide bonds. The van der Waals surface area contributed by atoms with Crippen LogP contribution < -0.4 is 59.3 Å². The zero-order valence-corrected chi connectivity index (χ0v) is 84.5. The van der Waals surface area contributed by atoms with Gasteiger partial charge in [0.05, 0.1) is 163 Å². The Balaban J connectivity index is 0.815. The van der Waals surface area contributed by atoms with E-state index < -0.39 is 88.6 Å². The summed E-state index contributed by atoms with van der Waals surface area (Å²) in [6.07, 6.45) is 18.0. The van der Waals surface area contributed by atoms with E-state index >= 15 is 4.79 Å². The molecule has 0 spiro atoms. The van der Waals surface area contributed by atoms with Crippen LogP contribution in [0.25, 0.3) is 0 Å². The number of aliphatic hydroxyl groups is 1. The van der Waals surface area contributed by atoms with Crippen molar-refractivity contribution in [2.75, 3.05) is 185 Å². The normalized spacial score (nSPS) is 22.3. The van der Waals surface area contributed by atoms with Gasteiger partial charge in [-0.2, -0.15) is 0 Å². The van der Waals surface area contributed by atoms with E-state index in [1.807, 2.05) is 19.1 Å². The van der Waals surface area contributed by atoms with Crippen LogP contribution in [0.15, 0.2) is 47.8 Å². The van der Waals surface area contributed by atoms with Crippen molar-refractivity contribution >= 4 is 70.5 Å². The van der Waals surface area contributed by atoms with Crippen molar-refractivity contribution in [2.45, 2.75) is 282 Å². The molecule has 2 aromatic carbocycles. The number of unbranched alkanes of at least 4 members (excludes halogenated alkanes) is 1. The number of urea groups is 1. The molecule has 138 heavy (non-hydrogen) atoms. The van der Waals surface area contributed by atoms with E-state index in [9.17, 15) is 53.1 Å². The number of aryl methyl sites for hydroxylation is 3. The van der Waals surface area contributed by atoms with Crippen molar-refractivity contribution in [3.05, 3.63) is 75.6 Å². The van der Waals surface area contributed by atoms with E-state index in [1.54, 1.807) is 19.9 Å². The number of hydrogen-bond acceptors (Lipinski definition) is 24. The van der Waals surface area contributed by atoms with Gasteiger partial charge in [-0.1, -0.05) is 116 Å². The second-order valence-electron chi connectivity index (χ2n) is 40.5. The third kappa shape index (κ3) is 38.0. The molecule has 0 radical (unpaired) electrons. The molecule has 0 heterocycles. The topological polar surface area (TPSA) is 461 Å². The summed E-state index contributed by atoms with van der Waals surface area (Å²) in [7, 11) is 6.22. The molecule has 8 rings (SSSR count). The van der Waals surface area contributed by atoms with Crippen LogP contribution in [0.2, 0.25) is 0 Å². The third-order valence-electron chi connectivity index (χ3n) is 28.4. The van der Waals surface area contributed by atoms with Gasteiger partial charge in [-0.25, -0.2) is 4.79 Å². The zero-order valence-electron chi connectivity index (χ0n) is 84.5. The fourth-order valence-electron chi connectivity index (χ4n) is 20.4. The number of aliphatic hydroxyl groups excluding tert-OH is 1. The van der Waals surface area contributed by atoms with Crippen LogP contribution in [0.5, 0.6) is 0 Å². The number of nitrogens with two attached hydrogens (primary N) is 2. The van der Waals surface area contributed by atoms with Gasteiger partial charge in [0.25, 0.3) is 0 Å². The number of primary amides is 1. The molecule has 0 saturated heterocycles. The third-order valence-corrected chi connectivity index (χ3v) is 28.4. The van der Waals surface area contributed by atoms with Crippen LogP contribution in [-0.2, 0) is 119 Å². The molecule has 12 atom stereocenters. The van der Waals surface area contributed by atoms with Crippen LogP contribution in [0.3, 0.4) is 0 Å². The average Bonchev–Trinajstić information content (AvgIpc) is 0.715. The van der Waals surface area contributed by atoms with Gasteiger partial charge in [0.2, 0.25) is 47.3 Å². The van der Waals surface area contributed by atoms with Gasteiger partial charge < -0.3 is 111 Å². The van der Waals surface area contributed by atoms with E-state index in [-0.39, 0.29) is 143 Å². The number of carbonyl (C=O) groups excluding carboxylic acids is 11. The number of amides is 10. The maximum atomic E-state index is 15.1. The number of imide groups is 1.